The molecule has 1 aromatic heterocycles. The zero-order chi connectivity index (χ0) is 15.4. The van der Waals surface area contributed by atoms with Gasteiger partial charge in [0.25, 0.3) is 0 Å². The third kappa shape index (κ3) is 2.73. The van der Waals surface area contributed by atoms with Crippen LogP contribution in [0.1, 0.15) is 5.56 Å². The number of benzene rings is 2. The Kier molecular flexibility index (Phi) is 4.19. The van der Waals surface area contributed by atoms with E-state index in [4.69, 9.17) is 5.14 Å². The van der Waals surface area contributed by atoms with Gasteiger partial charge in [0, 0.05) is 11.1 Å². The fourth-order valence-corrected chi connectivity index (χ4v) is 2.74. The molecule has 2 aromatic carbocycles. The lowest BCUT2D eigenvalue weighted by Gasteiger charge is -2.11. The number of rotatable bonds is 3. The Bertz CT molecular complexity index is 824. The van der Waals surface area contributed by atoms with Crippen molar-refractivity contribution >= 4 is 11.9 Å². The molecule has 3 nitrogen and oxygen atoms in total. The topological polar surface area (TPSA) is 62.7 Å². The minimum absolute atomic E-state index is 0.512. The van der Waals surface area contributed by atoms with Gasteiger partial charge in [-0.15, -0.1) is 0 Å². The molecule has 0 saturated carbocycles. The van der Waals surface area contributed by atoms with Crippen LogP contribution in [0.25, 0.3) is 22.4 Å². The van der Waals surface area contributed by atoms with Gasteiger partial charge in [-0.25, -0.2) is 4.98 Å². The highest BCUT2D eigenvalue weighted by molar-refractivity contribution is 7.97. The second-order valence-electron chi connectivity index (χ2n) is 4.70. The smallest absolute Gasteiger partial charge is 0.130 e. The Morgan fingerprint density at radius 3 is 2.05 bits per heavy atom. The van der Waals surface area contributed by atoms with E-state index < -0.39 is 0 Å². The van der Waals surface area contributed by atoms with Crippen molar-refractivity contribution in [3.63, 3.8) is 0 Å². The molecule has 0 spiro atoms. The van der Waals surface area contributed by atoms with E-state index in [-0.39, 0.29) is 0 Å². The minimum Gasteiger partial charge on any atom is -0.272 e. The molecule has 2 N–H and O–H groups in total. The van der Waals surface area contributed by atoms with Crippen LogP contribution in [-0.2, 0) is 0 Å². The Labute approximate surface area is 133 Å². The molecule has 1 heterocycles. The molecule has 4 heteroatoms. The molecular weight excluding hydrogens is 290 g/mol. The molecule has 0 bridgehead atoms. The van der Waals surface area contributed by atoms with Crippen LogP contribution in [0.2, 0.25) is 0 Å². The first-order valence-electron chi connectivity index (χ1n) is 6.76. The molecule has 3 rings (SSSR count). The van der Waals surface area contributed by atoms with Gasteiger partial charge in [-0.1, -0.05) is 60.7 Å². The lowest BCUT2D eigenvalue weighted by molar-refractivity contribution is 1.12. The van der Waals surface area contributed by atoms with Crippen LogP contribution in [0, 0.1) is 11.3 Å². The third-order valence-corrected chi connectivity index (χ3v) is 3.88. The lowest BCUT2D eigenvalue weighted by atomic mass is 9.99. The molecule has 0 fully saturated rings. The largest absolute Gasteiger partial charge is 0.272 e. The average Bonchev–Trinajstić information content (AvgIpc) is 2.62. The first kappa shape index (κ1) is 14.3. The van der Waals surface area contributed by atoms with Crippen molar-refractivity contribution in [2.45, 2.75) is 5.03 Å². The van der Waals surface area contributed by atoms with Gasteiger partial charge in [-0.2, -0.15) is 5.26 Å². The van der Waals surface area contributed by atoms with Crippen molar-refractivity contribution in [3.05, 3.63) is 72.3 Å². The molecule has 0 unspecified atom stereocenters. The number of pyridine rings is 1. The van der Waals surface area contributed by atoms with Gasteiger partial charge in [-0.05, 0) is 23.6 Å². The molecule has 0 aliphatic heterocycles. The van der Waals surface area contributed by atoms with E-state index in [1.54, 1.807) is 0 Å². The monoisotopic (exact) mass is 303 g/mol. The van der Waals surface area contributed by atoms with Gasteiger partial charge < -0.3 is 0 Å². The second kappa shape index (κ2) is 6.44. The third-order valence-electron chi connectivity index (χ3n) is 3.36. The summed E-state index contributed by atoms with van der Waals surface area (Å²) in [5.41, 5.74) is 4.16. The van der Waals surface area contributed by atoms with E-state index in [1.807, 2.05) is 66.7 Å². The fourth-order valence-electron chi connectivity index (χ4n) is 2.32. The molecule has 0 aliphatic carbocycles. The van der Waals surface area contributed by atoms with Crippen molar-refractivity contribution in [2.75, 3.05) is 0 Å². The van der Waals surface area contributed by atoms with Gasteiger partial charge in [0.05, 0.1) is 11.3 Å². The number of nitriles is 1. The number of hydrogen-bond acceptors (Lipinski definition) is 4. The van der Waals surface area contributed by atoms with Crippen LogP contribution < -0.4 is 5.14 Å². The van der Waals surface area contributed by atoms with Crippen LogP contribution in [0.5, 0.6) is 0 Å². The number of hydrogen-bond donors (Lipinski definition) is 1. The van der Waals surface area contributed by atoms with Crippen molar-refractivity contribution in [3.8, 4) is 28.5 Å². The molecule has 0 aliphatic rings. The highest BCUT2D eigenvalue weighted by atomic mass is 32.2. The second-order valence-corrected chi connectivity index (χ2v) is 5.32. The van der Waals surface area contributed by atoms with Crippen LogP contribution in [0.4, 0.5) is 0 Å². The summed E-state index contributed by atoms with van der Waals surface area (Å²) >= 11 is 1.00. The number of nitrogens with zero attached hydrogens (tertiary/aromatic N) is 2. The minimum atomic E-state index is 0.512. The molecular formula is C18H13N3S. The van der Waals surface area contributed by atoms with Gasteiger partial charge in [0.2, 0.25) is 0 Å². The summed E-state index contributed by atoms with van der Waals surface area (Å²) in [6, 6.07) is 23.9. The maximum atomic E-state index is 9.49. The van der Waals surface area contributed by atoms with Crippen LogP contribution in [0.3, 0.4) is 0 Å². The van der Waals surface area contributed by atoms with Crippen molar-refractivity contribution < 1.29 is 0 Å². The SMILES string of the molecule is N#Cc1c(-c2ccccc2)cc(-c2ccccc2)nc1SN. The Hall–Kier alpha value is -2.61. The van der Waals surface area contributed by atoms with Gasteiger partial charge >= 0.3 is 0 Å². The molecule has 0 radical (unpaired) electrons. The normalized spacial score (nSPS) is 10.2. The number of aromatic nitrogens is 1. The first-order valence-corrected chi connectivity index (χ1v) is 7.64. The summed E-state index contributed by atoms with van der Waals surface area (Å²) in [5, 5.41) is 15.8. The predicted molar refractivity (Wildman–Crippen MR) is 89.9 cm³/mol. The number of nitrogens with two attached hydrogens (primary N) is 1. The summed E-state index contributed by atoms with van der Waals surface area (Å²) in [6.07, 6.45) is 0. The van der Waals surface area contributed by atoms with Gasteiger partial charge in [0.1, 0.15) is 11.1 Å². The van der Waals surface area contributed by atoms with Crippen LogP contribution in [0.15, 0.2) is 71.8 Å². The molecule has 0 saturated heterocycles. The molecule has 0 atom stereocenters. The van der Waals surface area contributed by atoms with Gasteiger partial charge in [-0.3, -0.25) is 5.14 Å². The zero-order valence-corrected chi connectivity index (χ0v) is 12.5. The highest BCUT2D eigenvalue weighted by Gasteiger charge is 2.14. The van der Waals surface area contributed by atoms with E-state index in [9.17, 15) is 5.26 Å². The van der Waals surface area contributed by atoms with Crippen LogP contribution in [-0.4, -0.2) is 4.98 Å². The summed E-state index contributed by atoms with van der Waals surface area (Å²) in [5.74, 6) is 0. The summed E-state index contributed by atoms with van der Waals surface area (Å²) in [6.45, 7) is 0. The van der Waals surface area contributed by atoms with E-state index in [1.165, 1.54) is 0 Å². The standard InChI is InChI=1S/C18H13N3S/c19-12-16-15(13-7-3-1-4-8-13)11-17(21-18(16)22-20)14-9-5-2-6-10-14/h1-11H,20H2. The van der Waals surface area contributed by atoms with E-state index in [0.29, 0.717) is 10.6 Å². The molecule has 0 amide bonds. The van der Waals surface area contributed by atoms with Crippen molar-refractivity contribution in [1.82, 2.24) is 4.98 Å². The Morgan fingerprint density at radius 2 is 1.50 bits per heavy atom. The fraction of sp³-hybridized carbons (Fsp3) is 0. The Balaban J connectivity index is 2.26. The van der Waals surface area contributed by atoms with Crippen molar-refractivity contribution in [1.29, 1.82) is 5.26 Å². The lowest BCUT2D eigenvalue weighted by Crippen LogP contribution is -1.97. The van der Waals surface area contributed by atoms with Crippen LogP contribution >= 0.6 is 11.9 Å². The van der Waals surface area contributed by atoms with Gasteiger partial charge in [0.15, 0.2) is 0 Å². The van der Waals surface area contributed by atoms with E-state index in [0.717, 1.165) is 34.3 Å². The van der Waals surface area contributed by atoms with E-state index >= 15 is 0 Å². The molecule has 22 heavy (non-hydrogen) atoms. The molecule has 3 aromatic rings. The highest BCUT2D eigenvalue weighted by Crippen LogP contribution is 2.32. The maximum Gasteiger partial charge on any atom is 0.130 e. The summed E-state index contributed by atoms with van der Waals surface area (Å²) in [7, 11) is 0. The Morgan fingerprint density at radius 1 is 0.909 bits per heavy atom. The summed E-state index contributed by atoms with van der Waals surface area (Å²) in [4.78, 5) is 4.53. The average molecular weight is 303 g/mol. The van der Waals surface area contributed by atoms with E-state index in [2.05, 4.69) is 11.1 Å². The maximum absolute atomic E-state index is 9.49. The summed E-state index contributed by atoms with van der Waals surface area (Å²) < 4.78 is 0. The quantitative estimate of drug-likeness (QED) is 0.735. The first-order chi connectivity index (χ1) is 10.8. The zero-order valence-electron chi connectivity index (χ0n) is 11.7. The molecule has 106 valence electrons. The van der Waals surface area contributed by atoms with Crippen molar-refractivity contribution in [2.24, 2.45) is 5.14 Å². The predicted octanol–water partition coefficient (Wildman–Crippen LogP) is 4.25.